The summed E-state index contributed by atoms with van der Waals surface area (Å²) in [5.41, 5.74) is 5.43. The van der Waals surface area contributed by atoms with Crippen molar-refractivity contribution < 1.29 is 38.2 Å². The Kier molecular flexibility index (Phi) is 16.6. The van der Waals surface area contributed by atoms with Crippen LogP contribution in [0.4, 0.5) is 0 Å². The Morgan fingerprint density at radius 2 is 0.463 bits per heavy atom. The molecule has 0 radical (unpaired) electrons. The first kappa shape index (κ1) is 53.5. The highest BCUT2D eigenvalue weighted by Gasteiger charge is 2.26. The van der Waals surface area contributed by atoms with Gasteiger partial charge in [-0.25, -0.2) is 0 Å². The van der Waals surface area contributed by atoms with E-state index in [-0.39, 0.29) is 56.4 Å². The summed E-state index contributed by atoms with van der Waals surface area (Å²) in [7, 11) is 0. The Bertz CT molecular complexity index is 3930. The van der Waals surface area contributed by atoms with Gasteiger partial charge >= 0.3 is 0 Å². The minimum absolute atomic E-state index is 0.00259. The molecule has 10 aromatic carbocycles. The average molecular weight is 1060 g/mol. The van der Waals surface area contributed by atoms with Gasteiger partial charge < -0.3 is 9.47 Å². The first-order valence-electron chi connectivity index (χ1n) is 25.7. The molecular formula is C74H42O8. The number of Topliss-reactive ketones (excluding diaryl/α,β-unsaturated/α-hetero) is 6. The zero-order valence-electron chi connectivity index (χ0n) is 43.5. The summed E-state index contributed by atoms with van der Waals surface area (Å²) < 4.78 is 12.2. The Labute approximate surface area is 473 Å². The molecule has 0 bridgehead atoms. The van der Waals surface area contributed by atoms with Crippen LogP contribution in [0, 0.1) is 47.4 Å². The Morgan fingerprint density at radius 3 is 0.756 bits per heavy atom. The predicted octanol–water partition coefficient (Wildman–Crippen LogP) is 14.1. The second kappa shape index (κ2) is 25.5. The molecule has 0 aliphatic heterocycles. The van der Waals surface area contributed by atoms with Crippen molar-refractivity contribution in [2.24, 2.45) is 0 Å². The van der Waals surface area contributed by atoms with Gasteiger partial charge in [-0.1, -0.05) is 144 Å². The van der Waals surface area contributed by atoms with Crippen molar-refractivity contribution in [3.8, 4) is 70.4 Å². The van der Waals surface area contributed by atoms with E-state index in [1.54, 1.807) is 72.8 Å². The van der Waals surface area contributed by atoms with E-state index in [4.69, 9.17) is 9.47 Å². The zero-order chi connectivity index (χ0) is 56.6. The minimum Gasteiger partial charge on any atom is -0.457 e. The maximum atomic E-state index is 14.0. The zero-order valence-corrected chi connectivity index (χ0v) is 43.5. The predicted molar refractivity (Wildman–Crippen MR) is 314 cm³/mol. The number of carbonyl (C=O) groups excluding carboxylic acids is 6. The SMILES string of the molecule is O=C(C(=O)c1ccc(Oc2ccccc2C(=O)C(=O)c2cc(C#Cc3ccccc3)cc(C#Cc3ccccc3)c2)cc1)c1ccc(Oc2ccccc2C(=O)C(=O)c2cc(C#Cc3ccccc3)cc(C#Cc3ccccc3)c2)cc1. The smallest absolute Gasteiger partial charge is 0.237 e. The lowest BCUT2D eigenvalue weighted by molar-refractivity contribution is 0.0815. The summed E-state index contributed by atoms with van der Waals surface area (Å²) in [5, 5.41) is 0. The van der Waals surface area contributed by atoms with E-state index in [2.05, 4.69) is 47.4 Å². The van der Waals surface area contributed by atoms with Crippen molar-refractivity contribution in [2.75, 3.05) is 0 Å². The number of ketones is 6. The number of rotatable bonds is 13. The van der Waals surface area contributed by atoms with E-state index in [9.17, 15) is 28.8 Å². The van der Waals surface area contributed by atoms with Crippen molar-refractivity contribution in [1.82, 2.24) is 0 Å². The van der Waals surface area contributed by atoms with Crippen LogP contribution in [0.15, 0.2) is 255 Å². The Morgan fingerprint density at radius 1 is 0.220 bits per heavy atom. The standard InChI is InChI=1S/C74H42O8/c75-69(59-37-41-63(42-38-59)81-67-27-15-13-25-65(67)73(79)71(77)61-47-55(33-29-51-17-5-1-6-18-51)45-56(48-61)34-30-52-19-7-2-8-20-52)70(76)60-39-43-64(44-40-60)82-68-28-16-14-26-66(68)74(80)72(78)62-49-57(35-31-53-21-9-3-10-22-53)46-58(50-62)36-32-54-23-11-4-12-24-54/h1-28,37-50H. The van der Waals surface area contributed by atoms with Gasteiger partial charge in [-0.3, -0.25) is 28.8 Å². The van der Waals surface area contributed by atoms with Gasteiger partial charge in [0.2, 0.25) is 34.7 Å². The third-order valence-electron chi connectivity index (χ3n) is 12.5. The topological polar surface area (TPSA) is 121 Å². The van der Waals surface area contributed by atoms with E-state index in [0.29, 0.717) is 22.3 Å². The molecule has 10 rings (SSSR count). The third-order valence-corrected chi connectivity index (χ3v) is 12.5. The molecule has 82 heavy (non-hydrogen) atoms. The summed E-state index contributed by atoms with van der Waals surface area (Å²) in [6.07, 6.45) is 0. The number of hydrogen-bond donors (Lipinski definition) is 0. The van der Waals surface area contributed by atoms with Crippen molar-refractivity contribution in [3.05, 3.63) is 333 Å². The molecule has 0 aliphatic carbocycles. The lowest BCUT2D eigenvalue weighted by Gasteiger charge is -2.11. The summed E-state index contributed by atoms with van der Waals surface area (Å²) in [4.78, 5) is 83.2. The van der Waals surface area contributed by atoms with E-state index >= 15 is 0 Å². The van der Waals surface area contributed by atoms with E-state index in [1.165, 1.54) is 60.7 Å². The van der Waals surface area contributed by atoms with Gasteiger partial charge in [0.1, 0.15) is 23.0 Å². The highest BCUT2D eigenvalue weighted by Crippen LogP contribution is 2.30. The maximum Gasteiger partial charge on any atom is 0.237 e. The molecule has 0 fully saturated rings. The molecule has 386 valence electrons. The van der Waals surface area contributed by atoms with Crippen LogP contribution in [0.3, 0.4) is 0 Å². The molecule has 0 atom stereocenters. The fourth-order valence-corrected chi connectivity index (χ4v) is 8.33. The van der Waals surface area contributed by atoms with Crippen molar-refractivity contribution in [1.29, 1.82) is 0 Å². The van der Waals surface area contributed by atoms with Crippen LogP contribution in [-0.4, -0.2) is 34.7 Å². The molecule has 0 amide bonds. The van der Waals surface area contributed by atoms with Crippen LogP contribution in [0.5, 0.6) is 23.0 Å². The first-order valence-corrected chi connectivity index (χ1v) is 25.7. The summed E-state index contributed by atoms with van der Waals surface area (Å²) in [6.45, 7) is 0. The molecule has 10 aromatic rings. The second-order valence-electron chi connectivity index (χ2n) is 18.3. The lowest BCUT2D eigenvalue weighted by atomic mass is 9.97. The van der Waals surface area contributed by atoms with Crippen LogP contribution in [0.1, 0.15) is 107 Å². The van der Waals surface area contributed by atoms with Crippen molar-refractivity contribution in [3.63, 3.8) is 0 Å². The summed E-state index contributed by atoms with van der Waals surface area (Å²) in [6, 6.07) is 71.5. The molecule has 0 saturated heterocycles. The third kappa shape index (κ3) is 13.6. The first-order chi connectivity index (χ1) is 40.1. The van der Waals surface area contributed by atoms with Crippen LogP contribution in [0.2, 0.25) is 0 Å². The lowest BCUT2D eigenvalue weighted by Crippen LogP contribution is -2.16. The molecule has 8 heteroatoms. The highest BCUT2D eigenvalue weighted by molar-refractivity contribution is 6.51. The number of ether oxygens (including phenoxy) is 2. The van der Waals surface area contributed by atoms with Crippen LogP contribution in [0.25, 0.3) is 0 Å². The molecule has 0 N–H and O–H groups in total. The quantitative estimate of drug-likeness (QED) is 0.0636. The molecule has 0 saturated carbocycles. The normalized spacial score (nSPS) is 10.1. The average Bonchev–Trinajstić information content (AvgIpc) is 3.65. The number of benzene rings is 10. The summed E-state index contributed by atoms with van der Waals surface area (Å²) in [5.74, 6) is 20.6. The number of carbonyl (C=O) groups is 6. The monoisotopic (exact) mass is 1060 g/mol. The molecule has 0 spiro atoms. The van der Waals surface area contributed by atoms with Gasteiger partial charge in [0.05, 0.1) is 11.1 Å². The Hall–Kier alpha value is -11.9. The molecule has 0 unspecified atom stereocenters. The van der Waals surface area contributed by atoms with Crippen molar-refractivity contribution in [2.45, 2.75) is 0 Å². The van der Waals surface area contributed by atoms with Crippen molar-refractivity contribution >= 4 is 34.7 Å². The van der Waals surface area contributed by atoms with Crippen LogP contribution in [-0.2, 0) is 0 Å². The van der Waals surface area contributed by atoms with E-state index < -0.39 is 34.7 Å². The Balaban J connectivity index is 0.808. The van der Waals surface area contributed by atoms with E-state index in [0.717, 1.165) is 22.3 Å². The number of para-hydroxylation sites is 2. The minimum atomic E-state index is -0.824. The van der Waals surface area contributed by atoms with Gasteiger partial charge in [-0.2, -0.15) is 0 Å². The molecule has 0 heterocycles. The summed E-state index contributed by atoms with van der Waals surface area (Å²) >= 11 is 0. The van der Waals surface area contributed by atoms with Gasteiger partial charge in [0.25, 0.3) is 0 Å². The maximum absolute atomic E-state index is 14.0. The van der Waals surface area contributed by atoms with E-state index in [1.807, 2.05) is 121 Å². The molecule has 0 aromatic heterocycles. The molecule has 8 nitrogen and oxygen atoms in total. The van der Waals surface area contributed by atoms with Crippen LogP contribution < -0.4 is 9.47 Å². The fourth-order valence-electron chi connectivity index (χ4n) is 8.33. The largest absolute Gasteiger partial charge is 0.457 e. The molecule has 0 aliphatic rings. The van der Waals surface area contributed by atoms with Gasteiger partial charge in [0.15, 0.2) is 0 Å². The van der Waals surface area contributed by atoms with Gasteiger partial charge in [-0.15, -0.1) is 0 Å². The molecular weight excluding hydrogens is 1020 g/mol. The second-order valence-corrected chi connectivity index (χ2v) is 18.3. The van der Waals surface area contributed by atoms with Gasteiger partial charge in [-0.05, 0) is 158 Å². The highest BCUT2D eigenvalue weighted by atomic mass is 16.5. The number of hydrogen-bond acceptors (Lipinski definition) is 8. The fraction of sp³-hybridized carbons (Fsp3) is 0. The van der Waals surface area contributed by atoms with Gasteiger partial charge in [0, 0.05) is 66.8 Å². The van der Waals surface area contributed by atoms with Crippen LogP contribution >= 0.6 is 0 Å².